The number of fused-ring (bicyclic) bond motifs is 2. The third kappa shape index (κ3) is 2.68. The zero-order chi connectivity index (χ0) is 14.1. The Morgan fingerprint density at radius 1 is 1.35 bits per heavy atom. The minimum Gasteiger partial charge on any atom is -0.349 e. The number of nitrogens with one attached hydrogen (secondary N) is 1. The number of pyridine rings is 1. The second-order valence-corrected chi connectivity index (χ2v) is 5.92. The van der Waals surface area contributed by atoms with E-state index in [4.69, 9.17) is 0 Å². The van der Waals surface area contributed by atoms with Crippen molar-refractivity contribution in [2.24, 2.45) is 0 Å². The van der Waals surface area contributed by atoms with Crippen LogP contribution >= 0.6 is 0 Å². The highest BCUT2D eigenvalue weighted by atomic mass is 19.1. The van der Waals surface area contributed by atoms with Crippen molar-refractivity contribution < 1.29 is 9.18 Å². The second-order valence-electron chi connectivity index (χ2n) is 5.92. The molecule has 108 valence electrons. The molecule has 1 aromatic rings. The first-order valence-electron chi connectivity index (χ1n) is 7.28. The fourth-order valence-corrected chi connectivity index (χ4v) is 3.51. The van der Waals surface area contributed by atoms with Gasteiger partial charge in [0, 0.05) is 24.3 Å². The van der Waals surface area contributed by atoms with Crippen LogP contribution in [0.5, 0.6) is 0 Å². The summed E-state index contributed by atoms with van der Waals surface area (Å²) >= 11 is 0. The minimum absolute atomic E-state index is 0.148. The molecule has 2 atom stereocenters. The van der Waals surface area contributed by atoms with E-state index in [0.29, 0.717) is 17.6 Å². The number of aromatic nitrogens is 1. The molecule has 0 spiro atoms. The Labute approximate surface area is 118 Å². The van der Waals surface area contributed by atoms with Crippen molar-refractivity contribution in [3.63, 3.8) is 0 Å². The van der Waals surface area contributed by atoms with Crippen LogP contribution in [0.1, 0.15) is 42.5 Å². The number of carbonyl (C=O) groups is 1. The van der Waals surface area contributed by atoms with Crippen LogP contribution in [0.2, 0.25) is 0 Å². The van der Waals surface area contributed by atoms with E-state index in [2.05, 4.69) is 22.2 Å². The smallest absolute Gasteiger partial charge is 0.253 e. The van der Waals surface area contributed by atoms with Gasteiger partial charge in [-0.15, -0.1) is 0 Å². The van der Waals surface area contributed by atoms with Gasteiger partial charge in [0.15, 0.2) is 0 Å². The van der Waals surface area contributed by atoms with Crippen molar-refractivity contribution in [3.8, 4) is 0 Å². The molecule has 20 heavy (non-hydrogen) atoms. The standard InChI is InChI=1S/C15H20FN3O/c1-19-12-3-2-4-13(19)8-11(7-12)18-15(20)10-5-6-14(16)17-9-10/h5-6,9,11-13H,2-4,7-8H2,1H3,(H,18,20). The molecule has 2 unspecified atom stereocenters. The molecule has 3 heterocycles. The lowest BCUT2D eigenvalue weighted by molar-refractivity contribution is 0.0463. The average Bonchev–Trinajstić information content (AvgIpc) is 2.40. The Hall–Kier alpha value is -1.49. The van der Waals surface area contributed by atoms with E-state index in [1.54, 1.807) is 0 Å². The maximum atomic E-state index is 12.8. The topological polar surface area (TPSA) is 45.2 Å². The maximum absolute atomic E-state index is 12.8. The van der Waals surface area contributed by atoms with Crippen molar-refractivity contribution in [3.05, 3.63) is 29.8 Å². The molecule has 1 aromatic heterocycles. The zero-order valence-corrected chi connectivity index (χ0v) is 11.7. The molecule has 2 aliphatic rings. The summed E-state index contributed by atoms with van der Waals surface area (Å²) in [5.74, 6) is -0.708. The van der Waals surface area contributed by atoms with Crippen molar-refractivity contribution in [1.29, 1.82) is 0 Å². The summed E-state index contributed by atoms with van der Waals surface area (Å²) in [5.41, 5.74) is 0.426. The summed E-state index contributed by atoms with van der Waals surface area (Å²) < 4.78 is 12.8. The highest BCUT2D eigenvalue weighted by Crippen LogP contribution is 2.32. The third-order valence-corrected chi connectivity index (χ3v) is 4.66. The van der Waals surface area contributed by atoms with Gasteiger partial charge < -0.3 is 10.2 Å². The molecule has 1 amide bonds. The molecule has 0 aliphatic carbocycles. The normalized spacial score (nSPS) is 30.0. The Kier molecular flexibility index (Phi) is 3.70. The van der Waals surface area contributed by atoms with Crippen LogP contribution in [0.25, 0.3) is 0 Å². The van der Waals surface area contributed by atoms with Gasteiger partial charge in [-0.3, -0.25) is 4.79 Å². The van der Waals surface area contributed by atoms with Gasteiger partial charge in [0.05, 0.1) is 5.56 Å². The van der Waals surface area contributed by atoms with E-state index in [9.17, 15) is 9.18 Å². The molecule has 2 aliphatic heterocycles. The zero-order valence-electron chi connectivity index (χ0n) is 11.7. The van der Waals surface area contributed by atoms with Crippen LogP contribution in [-0.2, 0) is 0 Å². The van der Waals surface area contributed by atoms with Crippen molar-refractivity contribution in [2.45, 2.75) is 50.2 Å². The molecular formula is C15H20FN3O. The Morgan fingerprint density at radius 2 is 2.05 bits per heavy atom. The van der Waals surface area contributed by atoms with E-state index in [-0.39, 0.29) is 11.9 Å². The number of nitrogens with zero attached hydrogens (tertiary/aromatic N) is 2. The molecule has 2 bridgehead atoms. The number of piperidine rings is 2. The quantitative estimate of drug-likeness (QED) is 0.841. The number of hydrogen-bond donors (Lipinski definition) is 1. The summed E-state index contributed by atoms with van der Waals surface area (Å²) in [4.78, 5) is 18.1. The van der Waals surface area contributed by atoms with Gasteiger partial charge >= 0.3 is 0 Å². The molecule has 3 rings (SSSR count). The fraction of sp³-hybridized carbons (Fsp3) is 0.600. The van der Waals surface area contributed by atoms with E-state index in [1.165, 1.54) is 37.6 Å². The van der Waals surface area contributed by atoms with Crippen LogP contribution < -0.4 is 5.32 Å². The van der Waals surface area contributed by atoms with Crippen molar-refractivity contribution in [2.75, 3.05) is 7.05 Å². The summed E-state index contributed by atoms with van der Waals surface area (Å²) in [6.45, 7) is 0. The average molecular weight is 277 g/mol. The van der Waals surface area contributed by atoms with E-state index in [1.807, 2.05) is 0 Å². The maximum Gasteiger partial charge on any atom is 0.253 e. The summed E-state index contributed by atoms with van der Waals surface area (Å²) in [7, 11) is 2.19. The number of hydrogen-bond acceptors (Lipinski definition) is 3. The van der Waals surface area contributed by atoms with Crippen LogP contribution in [0.4, 0.5) is 4.39 Å². The van der Waals surface area contributed by atoms with Crippen molar-refractivity contribution >= 4 is 5.91 Å². The van der Waals surface area contributed by atoms with Gasteiger partial charge in [-0.25, -0.2) is 4.98 Å². The highest BCUT2D eigenvalue weighted by molar-refractivity contribution is 5.94. The first-order valence-corrected chi connectivity index (χ1v) is 7.28. The molecule has 2 fully saturated rings. The predicted molar refractivity (Wildman–Crippen MR) is 73.9 cm³/mol. The van der Waals surface area contributed by atoms with Crippen molar-refractivity contribution in [1.82, 2.24) is 15.2 Å². The number of amides is 1. The molecular weight excluding hydrogens is 257 g/mol. The first kappa shape index (κ1) is 13.5. The van der Waals surface area contributed by atoms with Crippen LogP contribution in [-0.4, -0.2) is 41.0 Å². The van der Waals surface area contributed by atoms with E-state index in [0.717, 1.165) is 12.8 Å². The molecule has 5 heteroatoms. The van der Waals surface area contributed by atoms with Crippen LogP contribution in [0, 0.1) is 5.95 Å². The van der Waals surface area contributed by atoms with Crippen LogP contribution in [0.3, 0.4) is 0 Å². The lowest BCUT2D eigenvalue weighted by Gasteiger charge is -2.47. The minimum atomic E-state index is -0.560. The number of carbonyl (C=O) groups excluding carboxylic acids is 1. The third-order valence-electron chi connectivity index (χ3n) is 4.66. The Balaban J connectivity index is 1.63. The first-order chi connectivity index (χ1) is 9.63. The molecule has 0 saturated carbocycles. The summed E-state index contributed by atoms with van der Waals surface area (Å²) in [6, 6.07) is 4.09. The Bertz CT molecular complexity index is 476. The lowest BCUT2D eigenvalue weighted by Crippen LogP contribution is -2.55. The second kappa shape index (κ2) is 5.48. The SMILES string of the molecule is CN1C2CCCC1CC(NC(=O)c1ccc(F)nc1)C2. The molecule has 0 aromatic carbocycles. The molecule has 0 radical (unpaired) electrons. The van der Waals surface area contributed by atoms with E-state index >= 15 is 0 Å². The number of rotatable bonds is 2. The Morgan fingerprint density at radius 3 is 2.65 bits per heavy atom. The van der Waals surface area contributed by atoms with Gasteiger partial charge in [-0.05, 0) is 44.9 Å². The molecule has 1 N–H and O–H groups in total. The van der Waals surface area contributed by atoms with Gasteiger partial charge in [-0.1, -0.05) is 6.42 Å². The monoisotopic (exact) mass is 277 g/mol. The van der Waals surface area contributed by atoms with Crippen LogP contribution in [0.15, 0.2) is 18.3 Å². The predicted octanol–water partition coefficient (Wildman–Crippen LogP) is 1.97. The largest absolute Gasteiger partial charge is 0.349 e. The van der Waals surface area contributed by atoms with E-state index < -0.39 is 5.95 Å². The van der Waals surface area contributed by atoms with Gasteiger partial charge in [0.2, 0.25) is 5.95 Å². The van der Waals surface area contributed by atoms with Gasteiger partial charge in [-0.2, -0.15) is 4.39 Å². The molecule has 2 saturated heterocycles. The van der Waals surface area contributed by atoms with Gasteiger partial charge in [0.25, 0.3) is 5.91 Å². The lowest BCUT2D eigenvalue weighted by atomic mass is 9.82. The summed E-state index contributed by atoms with van der Waals surface area (Å²) in [5, 5.41) is 3.08. The highest BCUT2D eigenvalue weighted by Gasteiger charge is 2.36. The fourth-order valence-electron chi connectivity index (χ4n) is 3.51. The number of halogens is 1. The molecule has 4 nitrogen and oxygen atoms in total. The summed E-state index contributed by atoms with van der Waals surface area (Å²) in [6.07, 6.45) is 7.04. The van der Waals surface area contributed by atoms with Gasteiger partial charge in [0.1, 0.15) is 0 Å².